The maximum atomic E-state index is 12.2. The fourth-order valence-corrected chi connectivity index (χ4v) is 3.97. The quantitative estimate of drug-likeness (QED) is 0.464. The molecule has 150 valence electrons. The van der Waals surface area contributed by atoms with Crippen molar-refractivity contribution in [2.45, 2.75) is 36.6 Å². The minimum atomic E-state index is -3.83. The Morgan fingerprint density at radius 1 is 1.26 bits per heavy atom. The highest BCUT2D eigenvalue weighted by molar-refractivity contribution is 7.89. The molecule has 0 bridgehead atoms. The van der Waals surface area contributed by atoms with Crippen molar-refractivity contribution in [3.63, 3.8) is 0 Å². The molecule has 2 rings (SSSR count). The van der Waals surface area contributed by atoms with E-state index in [0.717, 1.165) is 31.7 Å². The van der Waals surface area contributed by atoms with E-state index in [4.69, 9.17) is 21.1 Å². The second-order valence-electron chi connectivity index (χ2n) is 6.16. The van der Waals surface area contributed by atoms with Crippen LogP contribution in [0.3, 0.4) is 0 Å². The molecule has 0 aromatic heterocycles. The molecule has 8 nitrogen and oxygen atoms in total. The van der Waals surface area contributed by atoms with Crippen LogP contribution in [-0.4, -0.2) is 53.2 Å². The van der Waals surface area contributed by atoms with E-state index in [2.05, 4.69) is 10.0 Å². The maximum absolute atomic E-state index is 12.2. The van der Waals surface area contributed by atoms with Gasteiger partial charge in [0, 0.05) is 19.7 Å². The van der Waals surface area contributed by atoms with Crippen LogP contribution >= 0.6 is 11.6 Å². The summed E-state index contributed by atoms with van der Waals surface area (Å²) >= 11 is 5.98. The second kappa shape index (κ2) is 10.0. The molecule has 1 aliphatic rings. The van der Waals surface area contributed by atoms with Gasteiger partial charge in [0.2, 0.25) is 10.0 Å². The molecule has 1 fully saturated rings. The highest BCUT2D eigenvalue weighted by Gasteiger charge is 2.21. The summed E-state index contributed by atoms with van der Waals surface area (Å²) in [6.45, 7) is -0.158. The van der Waals surface area contributed by atoms with Crippen LogP contribution in [0, 0.1) is 0 Å². The third-order valence-corrected chi connectivity index (χ3v) is 5.91. The summed E-state index contributed by atoms with van der Waals surface area (Å²) < 4.78 is 36.6. The van der Waals surface area contributed by atoms with Crippen LogP contribution < -0.4 is 10.0 Å². The molecule has 0 unspecified atom stereocenters. The number of nitrogens with one attached hydrogen (secondary N) is 2. The number of carbonyl (C=O) groups excluding carboxylic acids is 2. The number of esters is 1. The van der Waals surface area contributed by atoms with Crippen LogP contribution in [0.2, 0.25) is 5.02 Å². The molecule has 0 saturated heterocycles. The molecule has 10 heteroatoms. The largest absolute Gasteiger partial charge is 0.452 e. The predicted octanol–water partition coefficient (Wildman–Crippen LogP) is 1.48. The van der Waals surface area contributed by atoms with Gasteiger partial charge in [0.1, 0.15) is 0 Å². The van der Waals surface area contributed by atoms with Crippen LogP contribution in [-0.2, 0) is 24.3 Å². The van der Waals surface area contributed by atoms with Crippen molar-refractivity contribution in [2.75, 3.05) is 26.9 Å². The van der Waals surface area contributed by atoms with E-state index in [9.17, 15) is 18.0 Å². The van der Waals surface area contributed by atoms with Gasteiger partial charge in [-0.15, -0.1) is 0 Å². The SMILES string of the molecule is COCCNS(=O)(=O)c1ccc(Cl)c(C(=O)OCC(=O)NC2CCCC2)c1. The van der Waals surface area contributed by atoms with Crippen molar-refractivity contribution in [2.24, 2.45) is 0 Å². The van der Waals surface area contributed by atoms with Gasteiger partial charge in [0.15, 0.2) is 6.61 Å². The first-order valence-electron chi connectivity index (χ1n) is 8.58. The Morgan fingerprint density at radius 2 is 1.96 bits per heavy atom. The normalized spacial score (nSPS) is 14.9. The van der Waals surface area contributed by atoms with Crippen molar-refractivity contribution >= 4 is 33.5 Å². The lowest BCUT2D eigenvalue weighted by molar-refractivity contribution is -0.124. The summed E-state index contributed by atoms with van der Waals surface area (Å²) in [4.78, 5) is 23.9. The topological polar surface area (TPSA) is 111 Å². The summed E-state index contributed by atoms with van der Waals surface area (Å²) in [5, 5.41) is 2.83. The van der Waals surface area contributed by atoms with Crippen molar-refractivity contribution in [3.8, 4) is 0 Å². The Labute approximate surface area is 163 Å². The van der Waals surface area contributed by atoms with Crippen molar-refractivity contribution in [3.05, 3.63) is 28.8 Å². The Bertz CT molecular complexity index is 778. The van der Waals surface area contributed by atoms with Gasteiger partial charge >= 0.3 is 5.97 Å². The van der Waals surface area contributed by atoms with Gasteiger partial charge in [-0.2, -0.15) is 0 Å². The van der Waals surface area contributed by atoms with Crippen molar-refractivity contribution in [1.82, 2.24) is 10.0 Å². The Kier molecular flexibility index (Phi) is 8.03. The minimum absolute atomic E-state index is 0.0343. The lowest BCUT2D eigenvalue weighted by Crippen LogP contribution is -2.36. The summed E-state index contributed by atoms with van der Waals surface area (Å²) in [5.74, 6) is -1.26. The minimum Gasteiger partial charge on any atom is -0.452 e. The number of hydrogen-bond acceptors (Lipinski definition) is 6. The van der Waals surface area contributed by atoms with Crippen molar-refractivity contribution < 1.29 is 27.5 Å². The Hall–Kier alpha value is -1.68. The molecule has 2 N–H and O–H groups in total. The molecule has 1 aromatic rings. The third kappa shape index (κ3) is 6.46. The van der Waals surface area contributed by atoms with Crippen LogP contribution in [0.1, 0.15) is 36.0 Å². The van der Waals surface area contributed by atoms with Crippen LogP contribution in [0.5, 0.6) is 0 Å². The first-order chi connectivity index (χ1) is 12.8. The molecule has 1 amide bonds. The second-order valence-corrected chi connectivity index (χ2v) is 8.33. The van der Waals surface area contributed by atoms with Gasteiger partial charge in [-0.1, -0.05) is 24.4 Å². The zero-order chi connectivity index (χ0) is 19.9. The summed E-state index contributed by atoms with van der Waals surface area (Å²) in [7, 11) is -2.38. The van der Waals surface area contributed by atoms with Gasteiger partial charge in [-0.3, -0.25) is 4.79 Å². The molecule has 1 aliphatic carbocycles. The summed E-state index contributed by atoms with van der Waals surface area (Å²) in [6, 6.07) is 3.81. The molecule has 0 heterocycles. The number of ether oxygens (including phenoxy) is 2. The fourth-order valence-electron chi connectivity index (χ4n) is 2.74. The van der Waals surface area contributed by atoms with E-state index >= 15 is 0 Å². The smallest absolute Gasteiger partial charge is 0.340 e. The lowest BCUT2D eigenvalue weighted by Gasteiger charge is -2.12. The molecule has 1 aromatic carbocycles. The van der Waals surface area contributed by atoms with Gasteiger partial charge in [0.05, 0.1) is 22.1 Å². The summed E-state index contributed by atoms with van der Waals surface area (Å²) in [5.41, 5.74) is -0.125. The van der Waals surface area contributed by atoms with E-state index in [1.807, 2.05) is 0 Å². The molecular weight excluding hydrogens is 396 g/mol. The fraction of sp³-hybridized carbons (Fsp3) is 0.529. The summed E-state index contributed by atoms with van der Waals surface area (Å²) in [6.07, 6.45) is 3.98. The molecule has 27 heavy (non-hydrogen) atoms. The van der Waals surface area contributed by atoms with Gasteiger partial charge in [-0.05, 0) is 31.0 Å². The number of benzene rings is 1. The van der Waals surface area contributed by atoms with Crippen LogP contribution in [0.15, 0.2) is 23.1 Å². The average molecular weight is 419 g/mol. The maximum Gasteiger partial charge on any atom is 0.340 e. The highest BCUT2D eigenvalue weighted by Crippen LogP contribution is 2.21. The van der Waals surface area contributed by atoms with E-state index in [-0.39, 0.29) is 34.7 Å². The average Bonchev–Trinajstić information content (AvgIpc) is 3.13. The van der Waals surface area contributed by atoms with Crippen LogP contribution in [0.25, 0.3) is 0 Å². The van der Waals surface area contributed by atoms with Gasteiger partial charge < -0.3 is 14.8 Å². The molecule has 0 radical (unpaired) electrons. The van der Waals surface area contributed by atoms with Crippen molar-refractivity contribution in [1.29, 1.82) is 0 Å². The number of methoxy groups -OCH3 is 1. The molecule has 1 saturated carbocycles. The number of carbonyl (C=O) groups is 2. The number of amides is 1. The molecule has 0 spiro atoms. The number of halogens is 1. The lowest BCUT2D eigenvalue weighted by atomic mass is 10.2. The molecule has 0 atom stereocenters. The highest BCUT2D eigenvalue weighted by atomic mass is 35.5. The number of hydrogen-bond donors (Lipinski definition) is 2. The Morgan fingerprint density at radius 3 is 2.63 bits per heavy atom. The third-order valence-electron chi connectivity index (χ3n) is 4.12. The monoisotopic (exact) mass is 418 g/mol. The van der Waals surface area contributed by atoms with Gasteiger partial charge in [0.25, 0.3) is 5.91 Å². The molecular formula is C17H23ClN2O6S. The zero-order valence-corrected chi connectivity index (χ0v) is 16.6. The van der Waals surface area contributed by atoms with Crippen LogP contribution in [0.4, 0.5) is 0 Å². The zero-order valence-electron chi connectivity index (χ0n) is 15.0. The van der Waals surface area contributed by atoms with Gasteiger partial charge in [-0.25, -0.2) is 17.9 Å². The number of sulfonamides is 1. The first kappa shape index (κ1) is 21.6. The standard InChI is InChI=1S/C17H23ClN2O6S/c1-25-9-8-19-27(23,24)13-6-7-15(18)14(10-13)17(22)26-11-16(21)20-12-4-2-3-5-12/h6-7,10,12,19H,2-5,8-9,11H2,1H3,(H,20,21). The van der Waals surface area contributed by atoms with E-state index in [1.54, 1.807) is 0 Å². The predicted molar refractivity (Wildman–Crippen MR) is 99.2 cm³/mol. The first-order valence-corrected chi connectivity index (χ1v) is 10.4. The molecule has 0 aliphatic heterocycles. The van der Waals surface area contributed by atoms with E-state index in [0.29, 0.717) is 0 Å². The van der Waals surface area contributed by atoms with E-state index in [1.165, 1.54) is 19.2 Å². The number of rotatable bonds is 9. The Balaban J connectivity index is 1.99. The van der Waals surface area contributed by atoms with E-state index < -0.39 is 28.5 Å².